The lowest BCUT2D eigenvalue weighted by Crippen LogP contribution is -2.63. The van der Waals surface area contributed by atoms with Crippen molar-refractivity contribution in [3.63, 3.8) is 0 Å². The van der Waals surface area contributed by atoms with Crippen LogP contribution in [-0.4, -0.2) is 16.1 Å². The summed E-state index contributed by atoms with van der Waals surface area (Å²) in [6, 6.07) is 69.2. The zero-order valence-electron chi connectivity index (χ0n) is 41.7. The molecule has 336 valence electrons. The smallest absolute Gasteiger partial charge is 0.0579 e. The summed E-state index contributed by atoms with van der Waals surface area (Å²) in [4.78, 5) is 4.98. The van der Waals surface area contributed by atoms with Gasteiger partial charge in [-0.1, -0.05) is 196 Å². The Morgan fingerprint density at radius 1 is 0.343 bits per heavy atom. The summed E-state index contributed by atoms with van der Waals surface area (Å²) in [5.74, 6) is 0. The molecular weight excluding hydrogens is 841 g/mol. The SMILES string of the molecule is CC(C)(C)c1ccc(N(c2ccccc2)c2ccc3c4c(c5ccccc5c3c2)-c2c(cc(N(c3ccccc3)c3ccc(C(C)(C)C)cc3)c3ccccc23)C4([Si](C)(C)C)[Si](C)(C)C)cc1. The normalized spacial score (nSPS) is 13.8. The first-order chi connectivity index (χ1) is 31.8. The lowest BCUT2D eigenvalue weighted by Gasteiger charge is -2.52. The summed E-state index contributed by atoms with van der Waals surface area (Å²) in [5.41, 5.74) is 15.8. The maximum absolute atomic E-state index is 2.67. The minimum atomic E-state index is -2.18. The molecule has 0 unspecified atom stereocenters. The van der Waals surface area contributed by atoms with E-state index in [0.717, 1.165) is 22.7 Å². The van der Waals surface area contributed by atoms with Crippen LogP contribution in [0.25, 0.3) is 43.4 Å². The Morgan fingerprint density at radius 3 is 1.24 bits per heavy atom. The van der Waals surface area contributed by atoms with Gasteiger partial charge in [-0.3, -0.25) is 0 Å². The summed E-state index contributed by atoms with van der Waals surface area (Å²) in [5, 5.41) is 7.96. The summed E-state index contributed by atoms with van der Waals surface area (Å²) in [7, 11) is -4.36. The molecule has 0 atom stereocenters. The quantitative estimate of drug-likeness (QED) is 0.111. The molecule has 67 heavy (non-hydrogen) atoms. The molecule has 0 aliphatic heterocycles. The van der Waals surface area contributed by atoms with Crippen molar-refractivity contribution in [3.8, 4) is 11.1 Å². The molecule has 0 N–H and O–H groups in total. The largest absolute Gasteiger partial charge is 0.310 e. The van der Waals surface area contributed by atoms with E-state index in [1.165, 1.54) is 71.5 Å². The molecule has 9 aromatic carbocycles. The number of anilines is 6. The number of para-hydroxylation sites is 2. The Morgan fingerprint density at radius 2 is 0.746 bits per heavy atom. The monoisotopic (exact) mass is 906 g/mol. The van der Waals surface area contributed by atoms with Crippen molar-refractivity contribution >= 4 is 82.6 Å². The van der Waals surface area contributed by atoms with Crippen LogP contribution < -0.4 is 9.80 Å². The average molecular weight is 907 g/mol. The fraction of sp³-hybridized carbons (Fsp3) is 0.238. The van der Waals surface area contributed by atoms with Crippen LogP contribution in [0.1, 0.15) is 63.8 Å². The van der Waals surface area contributed by atoms with E-state index >= 15 is 0 Å². The van der Waals surface area contributed by atoms with E-state index in [-0.39, 0.29) is 15.5 Å². The number of benzene rings is 9. The average Bonchev–Trinajstić information content (AvgIpc) is 3.63. The summed E-state index contributed by atoms with van der Waals surface area (Å²) in [6.07, 6.45) is 0. The fourth-order valence-electron chi connectivity index (χ4n) is 12.1. The third-order valence-corrected chi connectivity index (χ3v) is 24.9. The number of nitrogens with zero attached hydrogens (tertiary/aromatic N) is 2. The first-order valence-corrected chi connectivity index (χ1v) is 31.3. The van der Waals surface area contributed by atoms with Crippen LogP contribution in [0, 0.1) is 0 Å². The van der Waals surface area contributed by atoms with Crippen molar-refractivity contribution in [2.24, 2.45) is 0 Å². The predicted molar refractivity (Wildman–Crippen MR) is 299 cm³/mol. The van der Waals surface area contributed by atoms with E-state index in [9.17, 15) is 0 Å². The van der Waals surface area contributed by atoms with Gasteiger partial charge in [0.15, 0.2) is 0 Å². The van der Waals surface area contributed by atoms with Gasteiger partial charge in [-0.2, -0.15) is 0 Å². The Hall–Kier alpha value is -6.21. The van der Waals surface area contributed by atoms with Gasteiger partial charge < -0.3 is 9.80 Å². The molecule has 0 fully saturated rings. The number of hydrogen-bond acceptors (Lipinski definition) is 2. The summed E-state index contributed by atoms with van der Waals surface area (Å²) >= 11 is 0. The third-order valence-electron chi connectivity index (χ3n) is 14.8. The van der Waals surface area contributed by atoms with Gasteiger partial charge in [0.2, 0.25) is 0 Å². The predicted octanol–water partition coefficient (Wildman–Crippen LogP) is 18.7. The number of hydrogen-bond donors (Lipinski definition) is 0. The van der Waals surface area contributed by atoms with Crippen LogP contribution in [-0.2, 0) is 15.5 Å². The van der Waals surface area contributed by atoms with Crippen molar-refractivity contribution in [3.05, 3.63) is 204 Å². The molecule has 0 aromatic heterocycles. The molecule has 2 nitrogen and oxygen atoms in total. The highest BCUT2D eigenvalue weighted by molar-refractivity contribution is 7.00. The Balaban J connectivity index is 1.31. The second-order valence-electron chi connectivity index (χ2n) is 23.1. The lowest BCUT2D eigenvalue weighted by molar-refractivity contribution is 0.590. The Kier molecular flexibility index (Phi) is 10.6. The van der Waals surface area contributed by atoms with Crippen LogP contribution in [0.3, 0.4) is 0 Å². The Bertz CT molecular complexity index is 3290. The van der Waals surface area contributed by atoms with Crippen molar-refractivity contribution in [2.75, 3.05) is 9.80 Å². The van der Waals surface area contributed by atoms with Gasteiger partial charge in [0.25, 0.3) is 0 Å². The zero-order valence-corrected chi connectivity index (χ0v) is 43.7. The maximum Gasteiger partial charge on any atom is 0.0579 e. The lowest BCUT2D eigenvalue weighted by atomic mass is 9.87. The topological polar surface area (TPSA) is 6.48 Å². The standard InChI is InChI=1S/C63H66N2Si2/c1-61(2,3)43-31-35-47(36-32-43)64(45-23-15-13-16-24-45)49-39-40-54-55(41-49)50-27-19-21-29-52(50)59-58-53-30-22-20-28-51(53)57(42-56(58)63(60(54)59,66(7,8)9)67(10,11)12)65(46-25-17-14-18-26-46)48-37-33-44(34-38-48)62(4,5)6/h13-42H,1-12H3. The molecule has 0 bridgehead atoms. The van der Waals surface area contributed by atoms with Gasteiger partial charge in [-0.25, -0.2) is 0 Å². The van der Waals surface area contributed by atoms with Gasteiger partial charge in [0.05, 0.1) is 21.8 Å². The van der Waals surface area contributed by atoms with Gasteiger partial charge in [0.1, 0.15) is 0 Å². The van der Waals surface area contributed by atoms with Crippen molar-refractivity contribution in [1.82, 2.24) is 0 Å². The highest BCUT2D eigenvalue weighted by atomic mass is 28.4. The molecule has 0 heterocycles. The second kappa shape index (κ2) is 16.0. The van der Waals surface area contributed by atoms with Crippen LogP contribution in [0.4, 0.5) is 34.1 Å². The molecule has 0 spiro atoms. The van der Waals surface area contributed by atoms with Gasteiger partial charge in [0, 0.05) is 38.5 Å². The van der Waals surface area contributed by atoms with Crippen LogP contribution in [0.5, 0.6) is 0 Å². The minimum Gasteiger partial charge on any atom is -0.310 e. The van der Waals surface area contributed by atoms with Gasteiger partial charge >= 0.3 is 0 Å². The second-order valence-corrected chi connectivity index (χ2v) is 34.1. The number of rotatable bonds is 8. The van der Waals surface area contributed by atoms with E-state index in [2.05, 4.69) is 273 Å². The molecule has 1 aliphatic carbocycles. The first-order valence-electron chi connectivity index (χ1n) is 24.3. The zero-order chi connectivity index (χ0) is 47.3. The van der Waals surface area contributed by atoms with Crippen LogP contribution in [0.2, 0.25) is 39.3 Å². The van der Waals surface area contributed by atoms with Crippen molar-refractivity contribution < 1.29 is 0 Å². The minimum absolute atomic E-state index is 0.0558. The van der Waals surface area contributed by atoms with Crippen molar-refractivity contribution in [1.29, 1.82) is 0 Å². The highest BCUT2D eigenvalue weighted by Gasteiger charge is 2.60. The van der Waals surface area contributed by atoms with E-state index in [0.29, 0.717) is 0 Å². The molecule has 0 saturated heterocycles. The molecule has 1 aliphatic rings. The van der Waals surface area contributed by atoms with Crippen LogP contribution >= 0.6 is 0 Å². The number of fused-ring (bicyclic) bond motifs is 10. The van der Waals surface area contributed by atoms with Crippen LogP contribution in [0.15, 0.2) is 182 Å². The molecule has 0 saturated carbocycles. The molecule has 10 rings (SSSR count). The molecule has 0 amide bonds. The fourth-order valence-corrected chi connectivity index (χ4v) is 25.2. The van der Waals surface area contributed by atoms with Crippen molar-refractivity contribution in [2.45, 2.75) is 96.3 Å². The van der Waals surface area contributed by atoms with Gasteiger partial charge in [-0.05, 0) is 138 Å². The van der Waals surface area contributed by atoms with E-state index in [1.807, 2.05) is 0 Å². The summed E-state index contributed by atoms with van der Waals surface area (Å²) < 4.78 is -0.145. The summed E-state index contributed by atoms with van der Waals surface area (Å²) in [6.45, 7) is 29.7. The van der Waals surface area contributed by atoms with E-state index in [1.54, 1.807) is 5.56 Å². The third kappa shape index (κ3) is 7.18. The first kappa shape index (κ1) is 44.6. The molecule has 9 aromatic rings. The Labute approximate surface area is 402 Å². The van der Waals surface area contributed by atoms with E-state index < -0.39 is 16.1 Å². The highest BCUT2D eigenvalue weighted by Crippen LogP contribution is 2.64. The van der Waals surface area contributed by atoms with Gasteiger partial charge in [-0.15, -0.1) is 0 Å². The molecule has 0 radical (unpaired) electrons. The molecule has 4 heteroatoms. The molecular formula is C63H66N2Si2. The van der Waals surface area contributed by atoms with E-state index in [4.69, 9.17) is 0 Å². The maximum atomic E-state index is 2.67.